The second-order valence-corrected chi connectivity index (χ2v) is 5.82. The zero-order valence-corrected chi connectivity index (χ0v) is 12.3. The van der Waals surface area contributed by atoms with E-state index in [9.17, 15) is 0 Å². The van der Waals surface area contributed by atoms with Gasteiger partial charge in [0, 0.05) is 25.1 Å². The number of thiazole rings is 1. The zero-order valence-electron chi connectivity index (χ0n) is 10.6. The van der Waals surface area contributed by atoms with Crippen molar-refractivity contribution in [2.45, 2.75) is 32.1 Å². The van der Waals surface area contributed by atoms with Crippen LogP contribution in [0.1, 0.15) is 29.8 Å². The number of ether oxygens (including phenoxy) is 1. The predicted molar refractivity (Wildman–Crippen MR) is 79.5 cm³/mol. The van der Waals surface area contributed by atoms with Gasteiger partial charge in [0.15, 0.2) is 10.2 Å². The molecule has 6 heteroatoms. The molecule has 0 saturated carbocycles. The third-order valence-electron chi connectivity index (χ3n) is 2.88. The Labute approximate surface area is 117 Å². The van der Waals surface area contributed by atoms with E-state index in [1.807, 2.05) is 0 Å². The monoisotopic (exact) mass is 285 g/mol. The van der Waals surface area contributed by atoms with E-state index in [1.165, 1.54) is 29.8 Å². The minimum absolute atomic E-state index is 0.650. The first-order chi connectivity index (χ1) is 8.79. The number of rotatable bonds is 5. The van der Waals surface area contributed by atoms with Crippen LogP contribution in [0.25, 0.3) is 0 Å². The summed E-state index contributed by atoms with van der Waals surface area (Å²) in [5, 5.41) is 7.89. The highest BCUT2D eigenvalue weighted by Crippen LogP contribution is 2.29. The van der Waals surface area contributed by atoms with Gasteiger partial charge in [-0.15, -0.1) is 11.3 Å². The Morgan fingerprint density at radius 2 is 2.28 bits per heavy atom. The van der Waals surface area contributed by atoms with Gasteiger partial charge in [-0.3, -0.25) is 0 Å². The van der Waals surface area contributed by atoms with Crippen LogP contribution in [0.2, 0.25) is 0 Å². The van der Waals surface area contributed by atoms with Crippen LogP contribution in [0.3, 0.4) is 0 Å². The fourth-order valence-corrected chi connectivity index (χ4v) is 3.28. The minimum atomic E-state index is 0.650. The number of anilines is 1. The molecule has 1 aromatic heterocycles. The molecule has 0 radical (unpaired) electrons. The molecule has 0 amide bonds. The smallest absolute Gasteiger partial charge is 0.189 e. The minimum Gasteiger partial charge on any atom is -0.385 e. The van der Waals surface area contributed by atoms with Crippen molar-refractivity contribution in [3.63, 3.8) is 0 Å². The molecule has 1 aliphatic rings. The van der Waals surface area contributed by atoms with E-state index < -0.39 is 0 Å². The molecule has 0 saturated heterocycles. The molecule has 100 valence electrons. The Kier molecular flexibility index (Phi) is 5.34. The number of fused-ring (bicyclic) bond motifs is 1. The van der Waals surface area contributed by atoms with Crippen molar-refractivity contribution in [1.29, 1.82) is 0 Å². The highest BCUT2D eigenvalue weighted by atomic mass is 32.1. The average molecular weight is 285 g/mol. The summed E-state index contributed by atoms with van der Waals surface area (Å²) >= 11 is 6.96. The zero-order chi connectivity index (χ0) is 12.8. The number of hydrogen-bond donors (Lipinski definition) is 2. The van der Waals surface area contributed by atoms with Gasteiger partial charge in [-0.05, 0) is 44.3 Å². The molecule has 0 fully saturated rings. The Bertz CT molecular complexity index is 383. The Morgan fingerprint density at radius 3 is 3.06 bits per heavy atom. The van der Waals surface area contributed by atoms with E-state index in [2.05, 4.69) is 15.6 Å². The fourth-order valence-electron chi connectivity index (χ4n) is 1.97. The van der Waals surface area contributed by atoms with Gasteiger partial charge in [0.25, 0.3) is 0 Å². The molecule has 1 aliphatic carbocycles. The van der Waals surface area contributed by atoms with Crippen LogP contribution in [-0.4, -0.2) is 30.4 Å². The predicted octanol–water partition coefficient (Wildman–Crippen LogP) is 2.34. The second-order valence-electron chi connectivity index (χ2n) is 4.32. The van der Waals surface area contributed by atoms with Gasteiger partial charge in [0.1, 0.15) is 0 Å². The van der Waals surface area contributed by atoms with Crippen LogP contribution >= 0.6 is 23.6 Å². The van der Waals surface area contributed by atoms with Gasteiger partial charge in [-0.1, -0.05) is 0 Å². The maximum absolute atomic E-state index is 5.23. The van der Waals surface area contributed by atoms with Crippen molar-refractivity contribution >= 4 is 33.8 Å². The van der Waals surface area contributed by atoms with Gasteiger partial charge in [-0.2, -0.15) is 0 Å². The molecule has 2 N–H and O–H groups in total. The summed E-state index contributed by atoms with van der Waals surface area (Å²) in [6.07, 6.45) is 5.78. The number of aryl methyl sites for hydroxylation is 2. The molecule has 2 rings (SSSR count). The molecule has 1 heterocycles. The maximum atomic E-state index is 5.23. The van der Waals surface area contributed by atoms with Gasteiger partial charge >= 0.3 is 0 Å². The molecule has 0 bridgehead atoms. The quantitative estimate of drug-likeness (QED) is 0.642. The maximum Gasteiger partial charge on any atom is 0.189 e. The molecule has 0 aliphatic heterocycles. The average Bonchev–Trinajstić information content (AvgIpc) is 2.76. The van der Waals surface area contributed by atoms with Gasteiger partial charge in [-0.25, -0.2) is 4.98 Å². The highest BCUT2D eigenvalue weighted by molar-refractivity contribution is 7.80. The van der Waals surface area contributed by atoms with Gasteiger partial charge in [0.2, 0.25) is 0 Å². The van der Waals surface area contributed by atoms with E-state index in [4.69, 9.17) is 17.0 Å². The molecule has 0 atom stereocenters. The molecular formula is C12H19N3OS2. The van der Waals surface area contributed by atoms with E-state index >= 15 is 0 Å². The van der Waals surface area contributed by atoms with Crippen molar-refractivity contribution < 1.29 is 4.74 Å². The Hall–Kier alpha value is -0.720. The largest absolute Gasteiger partial charge is 0.385 e. The van der Waals surface area contributed by atoms with Crippen LogP contribution in [0.5, 0.6) is 0 Å². The number of nitrogens with one attached hydrogen (secondary N) is 2. The normalized spacial score (nSPS) is 14.1. The first-order valence-corrected chi connectivity index (χ1v) is 7.54. The first-order valence-electron chi connectivity index (χ1n) is 6.32. The second kappa shape index (κ2) is 7.01. The van der Waals surface area contributed by atoms with Crippen molar-refractivity contribution in [1.82, 2.24) is 10.3 Å². The first kappa shape index (κ1) is 13.7. The number of nitrogens with zero attached hydrogens (tertiary/aromatic N) is 1. The molecular weight excluding hydrogens is 266 g/mol. The van der Waals surface area contributed by atoms with Crippen molar-refractivity contribution in [2.24, 2.45) is 0 Å². The summed E-state index contributed by atoms with van der Waals surface area (Å²) in [4.78, 5) is 6.01. The van der Waals surface area contributed by atoms with Gasteiger partial charge in [0.05, 0.1) is 5.69 Å². The highest BCUT2D eigenvalue weighted by Gasteiger charge is 2.15. The molecule has 4 nitrogen and oxygen atoms in total. The van der Waals surface area contributed by atoms with Crippen LogP contribution in [0.15, 0.2) is 0 Å². The molecule has 0 unspecified atom stereocenters. The number of methoxy groups -OCH3 is 1. The molecule has 1 aromatic rings. The van der Waals surface area contributed by atoms with E-state index in [-0.39, 0.29) is 0 Å². The summed E-state index contributed by atoms with van der Waals surface area (Å²) in [5.41, 5.74) is 1.26. The number of hydrogen-bond acceptors (Lipinski definition) is 4. The molecule has 18 heavy (non-hydrogen) atoms. The third-order valence-corrected chi connectivity index (χ3v) is 4.20. The lowest BCUT2D eigenvalue weighted by molar-refractivity contribution is 0.196. The lowest BCUT2D eigenvalue weighted by Crippen LogP contribution is -2.29. The molecule has 0 aromatic carbocycles. The van der Waals surface area contributed by atoms with Crippen LogP contribution < -0.4 is 10.6 Å². The summed E-state index contributed by atoms with van der Waals surface area (Å²) < 4.78 is 4.98. The number of thiocarbonyl (C=S) groups is 1. The van der Waals surface area contributed by atoms with Crippen LogP contribution in [0.4, 0.5) is 5.13 Å². The van der Waals surface area contributed by atoms with Crippen LogP contribution in [-0.2, 0) is 17.6 Å². The van der Waals surface area contributed by atoms with E-state index in [0.29, 0.717) is 5.11 Å². The van der Waals surface area contributed by atoms with E-state index in [1.54, 1.807) is 18.4 Å². The summed E-state index contributed by atoms with van der Waals surface area (Å²) in [6.45, 7) is 1.58. The summed E-state index contributed by atoms with van der Waals surface area (Å²) in [5.74, 6) is 0. The topological polar surface area (TPSA) is 46.2 Å². The fraction of sp³-hybridized carbons (Fsp3) is 0.667. The SMILES string of the molecule is COCCCNC(=S)Nc1nc2c(s1)CCCC2. The lowest BCUT2D eigenvalue weighted by Gasteiger charge is -2.07. The van der Waals surface area contributed by atoms with Gasteiger partial charge < -0.3 is 15.4 Å². The Balaban J connectivity index is 1.78. The standard InChI is InChI=1S/C12H19N3OS2/c1-16-8-4-7-13-11(17)15-12-14-9-5-2-3-6-10(9)18-12/h2-8H2,1H3,(H2,13,14,15,17). The lowest BCUT2D eigenvalue weighted by atomic mass is 10.0. The van der Waals surface area contributed by atoms with Crippen molar-refractivity contribution in [3.8, 4) is 0 Å². The van der Waals surface area contributed by atoms with Crippen molar-refractivity contribution in [2.75, 3.05) is 25.6 Å². The summed E-state index contributed by atoms with van der Waals surface area (Å²) in [7, 11) is 1.71. The van der Waals surface area contributed by atoms with E-state index in [0.717, 1.165) is 31.1 Å². The Morgan fingerprint density at radius 1 is 1.44 bits per heavy atom. The van der Waals surface area contributed by atoms with Crippen LogP contribution in [0, 0.1) is 0 Å². The summed E-state index contributed by atoms with van der Waals surface area (Å²) in [6, 6.07) is 0. The van der Waals surface area contributed by atoms with Crippen molar-refractivity contribution in [3.05, 3.63) is 10.6 Å². The number of aromatic nitrogens is 1. The third kappa shape index (κ3) is 3.90. The molecule has 0 spiro atoms.